The molecule has 1 aliphatic rings. The summed E-state index contributed by atoms with van der Waals surface area (Å²) in [6, 6.07) is 10.8. The Kier molecular flexibility index (Phi) is 3.78. The Morgan fingerprint density at radius 3 is 2.64 bits per heavy atom. The molecule has 0 N–H and O–H groups in total. The lowest BCUT2D eigenvalue weighted by Crippen LogP contribution is -2.28. The molecule has 3 rings (SSSR count). The average Bonchev–Trinajstić information content (AvgIpc) is 2.71. The molecule has 0 aromatic heterocycles. The second-order valence-electron chi connectivity index (χ2n) is 5.12. The molecule has 0 unspecified atom stereocenters. The molecular formula is C16H17NO4S. The molecule has 0 saturated heterocycles. The second-order valence-corrected chi connectivity index (χ2v) is 6.95. The van der Waals surface area contributed by atoms with E-state index in [1.807, 2.05) is 18.2 Å². The van der Waals surface area contributed by atoms with Crippen molar-refractivity contribution < 1.29 is 17.9 Å². The van der Waals surface area contributed by atoms with Crippen molar-refractivity contribution in [2.45, 2.75) is 24.7 Å². The van der Waals surface area contributed by atoms with Gasteiger partial charge in [-0.1, -0.05) is 24.3 Å². The number of benzene rings is 2. The monoisotopic (exact) mass is 319 g/mol. The van der Waals surface area contributed by atoms with Crippen LogP contribution in [0.3, 0.4) is 0 Å². The molecule has 6 heteroatoms. The molecule has 0 atom stereocenters. The minimum Gasteiger partial charge on any atom is -0.466 e. The van der Waals surface area contributed by atoms with Crippen LogP contribution in [0.25, 0.3) is 10.8 Å². The predicted molar refractivity (Wildman–Crippen MR) is 84.3 cm³/mol. The summed E-state index contributed by atoms with van der Waals surface area (Å²) in [5.41, 5.74) is 0.692. The van der Waals surface area contributed by atoms with Gasteiger partial charge in [0.1, 0.15) is 0 Å². The summed E-state index contributed by atoms with van der Waals surface area (Å²) in [4.78, 5) is 11.7. The van der Waals surface area contributed by atoms with Gasteiger partial charge >= 0.3 is 5.97 Å². The van der Waals surface area contributed by atoms with Crippen LogP contribution in [0.5, 0.6) is 0 Å². The first-order valence-electron chi connectivity index (χ1n) is 7.26. The molecule has 0 bridgehead atoms. The zero-order valence-electron chi connectivity index (χ0n) is 12.3. The van der Waals surface area contributed by atoms with Crippen LogP contribution in [0.2, 0.25) is 0 Å². The third kappa shape index (κ3) is 2.33. The highest BCUT2D eigenvalue weighted by molar-refractivity contribution is 7.93. The maximum Gasteiger partial charge on any atom is 0.305 e. The molecule has 0 spiro atoms. The van der Waals surface area contributed by atoms with Crippen LogP contribution < -0.4 is 4.31 Å². The van der Waals surface area contributed by atoms with E-state index in [9.17, 15) is 13.2 Å². The highest BCUT2D eigenvalue weighted by Crippen LogP contribution is 2.41. The molecule has 1 heterocycles. The van der Waals surface area contributed by atoms with Gasteiger partial charge in [-0.15, -0.1) is 0 Å². The SMILES string of the molecule is CCOC(=O)CCCN1c2cccc3cccc(c23)S1(=O)=O. The maximum absolute atomic E-state index is 12.7. The van der Waals surface area contributed by atoms with Gasteiger partial charge in [0, 0.05) is 18.4 Å². The van der Waals surface area contributed by atoms with Crippen molar-refractivity contribution in [3.8, 4) is 0 Å². The summed E-state index contributed by atoms with van der Waals surface area (Å²) < 4.78 is 31.6. The quantitative estimate of drug-likeness (QED) is 0.795. The zero-order chi connectivity index (χ0) is 15.7. The highest BCUT2D eigenvalue weighted by Gasteiger charge is 2.34. The van der Waals surface area contributed by atoms with Crippen LogP contribution in [0.4, 0.5) is 5.69 Å². The van der Waals surface area contributed by atoms with E-state index in [0.717, 1.165) is 10.8 Å². The third-order valence-electron chi connectivity index (χ3n) is 3.73. The van der Waals surface area contributed by atoms with Crippen LogP contribution >= 0.6 is 0 Å². The fourth-order valence-corrected chi connectivity index (χ4v) is 4.55. The maximum atomic E-state index is 12.7. The van der Waals surface area contributed by atoms with Crippen molar-refractivity contribution >= 4 is 32.5 Å². The van der Waals surface area contributed by atoms with Gasteiger partial charge in [-0.2, -0.15) is 0 Å². The Hall–Kier alpha value is -2.08. The Balaban J connectivity index is 1.88. The Morgan fingerprint density at radius 1 is 1.18 bits per heavy atom. The molecule has 2 aromatic carbocycles. The summed E-state index contributed by atoms with van der Waals surface area (Å²) in [6.45, 7) is 2.36. The Morgan fingerprint density at radius 2 is 1.91 bits per heavy atom. The zero-order valence-corrected chi connectivity index (χ0v) is 13.1. The highest BCUT2D eigenvalue weighted by atomic mass is 32.2. The number of esters is 1. The number of hydrogen-bond donors (Lipinski definition) is 0. The summed E-state index contributed by atoms with van der Waals surface area (Å²) in [6.07, 6.45) is 0.647. The van der Waals surface area contributed by atoms with Crippen molar-refractivity contribution in [1.82, 2.24) is 0 Å². The van der Waals surface area contributed by atoms with Gasteiger partial charge in [-0.25, -0.2) is 8.42 Å². The third-order valence-corrected chi connectivity index (χ3v) is 5.58. The van der Waals surface area contributed by atoms with E-state index < -0.39 is 10.0 Å². The number of ether oxygens (including phenoxy) is 1. The van der Waals surface area contributed by atoms with Gasteiger partial charge in [0.05, 0.1) is 17.2 Å². The number of sulfonamides is 1. The lowest BCUT2D eigenvalue weighted by atomic mass is 10.1. The van der Waals surface area contributed by atoms with E-state index in [1.54, 1.807) is 25.1 Å². The van der Waals surface area contributed by atoms with E-state index >= 15 is 0 Å². The molecule has 22 heavy (non-hydrogen) atoms. The van der Waals surface area contributed by atoms with Crippen LogP contribution in [0.15, 0.2) is 41.3 Å². The molecule has 116 valence electrons. The molecule has 0 fully saturated rings. The molecule has 2 aromatic rings. The molecule has 0 amide bonds. The van der Waals surface area contributed by atoms with E-state index in [4.69, 9.17) is 4.74 Å². The van der Waals surface area contributed by atoms with Gasteiger partial charge in [-0.05, 0) is 30.9 Å². The number of anilines is 1. The van der Waals surface area contributed by atoms with Crippen LogP contribution in [0.1, 0.15) is 19.8 Å². The minimum absolute atomic E-state index is 0.214. The van der Waals surface area contributed by atoms with E-state index in [-0.39, 0.29) is 18.9 Å². The summed E-state index contributed by atoms with van der Waals surface area (Å²) >= 11 is 0. The summed E-state index contributed by atoms with van der Waals surface area (Å²) in [7, 11) is -3.53. The van der Waals surface area contributed by atoms with Gasteiger partial charge in [0.15, 0.2) is 0 Å². The Bertz CT molecular complexity index is 824. The first-order valence-corrected chi connectivity index (χ1v) is 8.70. The van der Waals surface area contributed by atoms with Crippen molar-refractivity contribution in [1.29, 1.82) is 0 Å². The fraction of sp³-hybridized carbons (Fsp3) is 0.312. The van der Waals surface area contributed by atoms with Gasteiger partial charge < -0.3 is 4.74 Å². The second kappa shape index (κ2) is 5.61. The Labute approximate surface area is 129 Å². The normalized spacial score (nSPS) is 15.2. The van der Waals surface area contributed by atoms with Crippen molar-refractivity contribution in [2.24, 2.45) is 0 Å². The average molecular weight is 319 g/mol. The number of carbonyl (C=O) groups excluding carboxylic acids is 1. The van der Waals surface area contributed by atoms with Gasteiger partial charge in [-0.3, -0.25) is 9.10 Å². The van der Waals surface area contributed by atoms with E-state index in [2.05, 4.69) is 0 Å². The molecule has 0 radical (unpaired) electrons. The molecule has 5 nitrogen and oxygen atoms in total. The van der Waals surface area contributed by atoms with E-state index in [1.165, 1.54) is 4.31 Å². The van der Waals surface area contributed by atoms with Crippen molar-refractivity contribution in [3.05, 3.63) is 36.4 Å². The number of rotatable bonds is 5. The lowest BCUT2D eigenvalue weighted by molar-refractivity contribution is -0.143. The first kappa shape index (κ1) is 14.8. The fourth-order valence-electron chi connectivity index (χ4n) is 2.80. The minimum atomic E-state index is -3.53. The van der Waals surface area contributed by atoms with Crippen molar-refractivity contribution in [2.75, 3.05) is 17.5 Å². The molecule has 1 aliphatic heterocycles. The van der Waals surface area contributed by atoms with E-state index in [0.29, 0.717) is 23.6 Å². The van der Waals surface area contributed by atoms with Crippen molar-refractivity contribution in [3.63, 3.8) is 0 Å². The molecule has 0 aliphatic carbocycles. The van der Waals surface area contributed by atoms with Gasteiger partial charge in [0.25, 0.3) is 10.0 Å². The van der Waals surface area contributed by atoms with Crippen LogP contribution in [-0.2, 0) is 19.6 Å². The van der Waals surface area contributed by atoms with Crippen LogP contribution in [0, 0.1) is 0 Å². The molecular weight excluding hydrogens is 302 g/mol. The molecule has 0 saturated carbocycles. The smallest absolute Gasteiger partial charge is 0.305 e. The summed E-state index contributed by atoms with van der Waals surface area (Å²) in [5.74, 6) is -0.296. The number of hydrogen-bond acceptors (Lipinski definition) is 4. The largest absolute Gasteiger partial charge is 0.466 e. The number of nitrogens with zero attached hydrogens (tertiary/aromatic N) is 1. The summed E-state index contributed by atoms with van der Waals surface area (Å²) in [5, 5.41) is 1.67. The van der Waals surface area contributed by atoms with Gasteiger partial charge in [0.2, 0.25) is 0 Å². The first-order chi connectivity index (χ1) is 10.6. The predicted octanol–water partition coefficient (Wildman–Crippen LogP) is 2.69. The van der Waals surface area contributed by atoms with Crippen LogP contribution in [-0.4, -0.2) is 27.5 Å². The lowest BCUT2D eigenvalue weighted by Gasteiger charge is -2.18. The number of carbonyl (C=O) groups is 1. The standard InChI is InChI=1S/C16H17NO4S/c1-2-21-15(18)10-5-11-17-13-8-3-6-12-7-4-9-14(16(12)13)22(17,19)20/h3-4,6-9H,2,5,10-11H2,1H3. The topological polar surface area (TPSA) is 63.7 Å².